The van der Waals surface area contributed by atoms with Gasteiger partial charge in [0.2, 0.25) is 17.6 Å². The van der Waals surface area contributed by atoms with Crippen LogP contribution in [0.5, 0.6) is 0 Å². The summed E-state index contributed by atoms with van der Waals surface area (Å²) >= 11 is 6.17. The minimum atomic E-state index is -4.53. The highest BCUT2D eigenvalue weighted by Gasteiger charge is 2.33. The SMILES string of the molecule is O=C(CN1CCN(Cc2nc(-c3ccccc3Cl)no2)CC1)Nc1ccccc1C(F)(F)F. The summed E-state index contributed by atoms with van der Waals surface area (Å²) in [5.74, 6) is 0.395. The van der Waals surface area contributed by atoms with E-state index in [1.165, 1.54) is 18.2 Å². The molecule has 1 fully saturated rings. The molecule has 0 bridgehead atoms. The van der Waals surface area contributed by atoms with E-state index in [9.17, 15) is 18.0 Å². The van der Waals surface area contributed by atoms with Crippen molar-refractivity contribution in [1.82, 2.24) is 19.9 Å². The van der Waals surface area contributed by atoms with E-state index in [2.05, 4.69) is 20.4 Å². The van der Waals surface area contributed by atoms with Crippen molar-refractivity contribution >= 4 is 23.2 Å². The third kappa shape index (κ3) is 5.89. The van der Waals surface area contributed by atoms with Gasteiger partial charge in [-0.15, -0.1) is 0 Å². The van der Waals surface area contributed by atoms with Gasteiger partial charge < -0.3 is 9.84 Å². The number of nitrogens with one attached hydrogen (secondary N) is 1. The molecule has 3 aromatic rings. The van der Waals surface area contributed by atoms with Gasteiger partial charge in [0.05, 0.1) is 29.4 Å². The van der Waals surface area contributed by atoms with Crippen molar-refractivity contribution < 1.29 is 22.5 Å². The third-order valence-corrected chi connectivity index (χ3v) is 5.61. The monoisotopic (exact) mass is 479 g/mol. The summed E-state index contributed by atoms with van der Waals surface area (Å²) < 4.78 is 44.7. The van der Waals surface area contributed by atoms with E-state index in [0.717, 1.165) is 6.07 Å². The van der Waals surface area contributed by atoms with Crippen LogP contribution < -0.4 is 5.32 Å². The smallest absolute Gasteiger partial charge is 0.338 e. The molecular weight excluding hydrogens is 459 g/mol. The van der Waals surface area contributed by atoms with E-state index in [0.29, 0.717) is 55.0 Å². The number of nitrogens with zero attached hydrogens (tertiary/aromatic N) is 4. The number of rotatable bonds is 6. The topological polar surface area (TPSA) is 74.5 Å². The molecule has 0 unspecified atom stereocenters. The Labute approximate surface area is 193 Å². The van der Waals surface area contributed by atoms with Gasteiger partial charge in [-0.2, -0.15) is 18.2 Å². The summed E-state index contributed by atoms with van der Waals surface area (Å²) in [6.45, 7) is 2.93. The second-order valence-electron chi connectivity index (χ2n) is 7.64. The first kappa shape index (κ1) is 23.2. The lowest BCUT2D eigenvalue weighted by Gasteiger charge is -2.33. The zero-order valence-electron chi connectivity index (χ0n) is 17.5. The van der Waals surface area contributed by atoms with E-state index in [1.54, 1.807) is 6.07 Å². The van der Waals surface area contributed by atoms with Crippen molar-refractivity contribution in [2.24, 2.45) is 0 Å². The lowest BCUT2D eigenvalue weighted by Crippen LogP contribution is -2.48. The van der Waals surface area contributed by atoms with Gasteiger partial charge in [-0.05, 0) is 24.3 Å². The first-order valence-corrected chi connectivity index (χ1v) is 10.7. The quantitative estimate of drug-likeness (QED) is 0.572. The van der Waals surface area contributed by atoms with E-state index in [1.807, 2.05) is 23.1 Å². The zero-order valence-corrected chi connectivity index (χ0v) is 18.2. The van der Waals surface area contributed by atoms with Gasteiger partial charge in [-0.25, -0.2) is 0 Å². The number of halogens is 4. The number of para-hydroxylation sites is 1. The molecule has 1 aliphatic heterocycles. The molecule has 11 heteroatoms. The number of alkyl halides is 3. The molecule has 1 saturated heterocycles. The molecule has 1 aromatic heterocycles. The fraction of sp³-hybridized carbons (Fsp3) is 0.318. The Morgan fingerprint density at radius 1 is 1.03 bits per heavy atom. The highest BCUT2D eigenvalue weighted by molar-refractivity contribution is 6.33. The third-order valence-electron chi connectivity index (χ3n) is 5.28. The van der Waals surface area contributed by atoms with E-state index in [-0.39, 0.29) is 12.2 Å². The molecule has 2 heterocycles. The van der Waals surface area contributed by atoms with Crippen LogP contribution in [-0.2, 0) is 17.5 Å². The molecule has 0 atom stereocenters. The summed E-state index contributed by atoms with van der Waals surface area (Å²) in [4.78, 5) is 20.7. The Morgan fingerprint density at radius 3 is 2.42 bits per heavy atom. The molecule has 4 rings (SSSR count). The Bertz CT molecular complexity index is 1110. The Morgan fingerprint density at radius 2 is 1.70 bits per heavy atom. The first-order valence-electron chi connectivity index (χ1n) is 10.3. The molecule has 0 spiro atoms. The summed E-state index contributed by atoms with van der Waals surface area (Å²) in [5.41, 5.74) is -0.407. The predicted molar refractivity (Wildman–Crippen MR) is 117 cm³/mol. The second kappa shape index (κ2) is 9.90. The molecule has 0 aliphatic carbocycles. The molecule has 0 saturated carbocycles. The molecule has 7 nitrogen and oxygen atoms in total. The van der Waals surface area contributed by atoms with E-state index >= 15 is 0 Å². The van der Waals surface area contributed by atoms with Crippen LogP contribution in [0.3, 0.4) is 0 Å². The number of piperazine rings is 1. The van der Waals surface area contributed by atoms with Crippen molar-refractivity contribution in [1.29, 1.82) is 0 Å². The second-order valence-corrected chi connectivity index (χ2v) is 8.04. The van der Waals surface area contributed by atoms with Crippen LogP contribution in [0.25, 0.3) is 11.4 Å². The highest BCUT2D eigenvalue weighted by atomic mass is 35.5. The predicted octanol–water partition coefficient (Wildman–Crippen LogP) is 4.17. The maximum absolute atomic E-state index is 13.1. The first-order chi connectivity index (χ1) is 15.8. The van der Waals surface area contributed by atoms with E-state index in [4.69, 9.17) is 16.1 Å². The van der Waals surface area contributed by atoms with Gasteiger partial charge in [-0.3, -0.25) is 14.6 Å². The maximum atomic E-state index is 13.1. The molecule has 1 N–H and O–H groups in total. The van der Waals surface area contributed by atoms with Crippen LogP contribution in [0.15, 0.2) is 53.1 Å². The van der Waals surface area contributed by atoms with Gasteiger partial charge in [0.1, 0.15) is 0 Å². The molecular formula is C22H21ClF3N5O2. The van der Waals surface area contributed by atoms with Crippen LogP contribution in [0.4, 0.5) is 18.9 Å². The summed E-state index contributed by atoms with van der Waals surface area (Å²) in [7, 11) is 0. The number of anilines is 1. The molecule has 2 aromatic carbocycles. The van der Waals surface area contributed by atoms with Crippen LogP contribution >= 0.6 is 11.6 Å². The average Bonchev–Trinajstić information content (AvgIpc) is 3.23. The largest absolute Gasteiger partial charge is 0.418 e. The minimum Gasteiger partial charge on any atom is -0.338 e. The summed E-state index contributed by atoms with van der Waals surface area (Å²) in [6.07, 6.45) is -4.53. The van der Waals surface area contributed by atoms with Crippen LogP contribution in [0, 0.1) is 0 Å². The number of carbonyl (C=O) groups excluding carboxylic acids is 1. The Balaban J connectivity index is 1.27. The number of hydrogen-bond donors (Lipinski definition) is 1. The van der Waals surface area contributed by atoms with E-state index < -0.39 is 17.6 Å². The normalized spacial score (nSPS) is 15.5. The molecule has 174 valence electrons. The molecule has 33 heavy (non-hydrogen) atoms. The van der Waals surface area contributed by atoms with Crippen molar-refractivity contribution in [3.05, 3.63) is 65.0 Å². The molecule has 0 radical (unpaired) electrons. The van der Waals surface area contributed by atoms with Crippen molar-refractivity contribution in [2.45, 2.75) is 12.7 Å². The summed E-state index contributed by atoms with van der Waals surface area (Å²) in [5, 5.41) is 6.91. The minimum absolute atomic E-state index is 0.0112. The fourth-order valence-corrected chi connectivity index (χ4v) is 3.82. The van der Waals surface area contributed by atoms with Crippen molar-refractivity contribution in [3.8, 4) is 11.4 Å². The number of benzene rings is 2. The highest BCUT2D eigenvalue weighted by Crippen LogP contribution is 2.34. The number of carbonyl (C=O) groups is 1. The standard InChI is InChI=1S/C22H21ClF3N5O2/c23-17-7-3-1-5-15(17)21-28-20(33-29-21)14-31-11-9-30(10-12-31)13-19(32)27-18-8-4-2-6-16(18)22(24,25)26/h1-8H,9-14H2,(H,27,32). The molecule has 1 aliphatic rings. The van der Waals surface area contributed by atoms with Crippen LogP contribution in [0.2, 0.25) is 5.02 Å². The van der Waals surface area contributed by atoms with Gasteiger partial charge >= 0.3 is 6.18 Å². The number of aromatic nitrogens is 2. The van der Waals surface area contributed by atoms with Crippen LogP contribution in [0.1, 0.15) is 11.5 Å². The maximum Gasteiger partial charge on any atom is 0.418 e. The lowest BCUT2D eigenvalue weighted by atomic mass is 10.1. The van der Waals surface area contributed by atoms with Gasteiger partial charge in [0.15, 0.2) is 0 Å². The molecule has 1 amide bonds. The summed E-state index contributed by atoms with van der Waals surface area (Å²) in [6, 6.07) is 12.2. The van der Waals surface area contributed by atoms with Gasteiger partial charge in [0, 0.05) is 31.7 Å². The Kier molecular flexibility index (Phi) is 6.96. The van der Waals surface area contributed by atoms with Crippen molar-refractivity contribution in [3.63, 3.8) is 0 Å². The number of hydrogen-bond acceptors (Lipinski definition) is 6. The van der Waals surface area contributed by atoms with Gasteiger partial charge in [0.25, 0.3) is 0 Å². The zero-order chi connectivity index (χ0) is 23.4. The Hall–Kier alpha value is -2.95. The number of amides is 1. The lowest BCUT2D eigenvalue weighted by molar-refractivity contribution is -0.137. The van der Waals surface area contributed by atoms with Crippen LogP contribution in [-0.4, -0.2) is 58.6 Å². The van der Waals surface area contributed by atoms with Crippen molar-refractivity contribution in [2.75, 3.05) is 38.0 Å². The average molecular weight is 480 g/mol. The van der Waals surface area contributed by atoms with Gasteiger partial charge in [-0.1, -0.05) is 41.0 Å². The fourth-order valence-electron chi connectivity index (χ4n) is 3.60.